The number of likely N-dealkylation sites (tertiary alicyclic amines) is 1. The normalized spacial score (nSPS) is 21.6. The van der Waals surface area contributed by atoms with Gasteiger partial charge in [-0.25, -0.2) is 4.98 Å². The third-order valence-electron chi connectivity index (χ3n) is 7.20. The maximum atomic E-state index is 10.6. The molecule has 1 saturated heterocycles. The van der Waals surface area contributed by atoms with Crippen LogP contribution >= 0.6 is 0 Å². The van der Waals surface area contributed by atoms with E-state index in [9.17, 15) is 9.90 Å². The second kappa shape index (κ2) is 10.7. The van der Waals surface area contributed by atoms with Crippen molar-refractivity contribution >= 4 is 5.97 Å². The van der Waals surface area contributed by atoms with Gasteiger partial charge in [-0.15, -0.1) is 0 Å². The monoisotopic (exact) mass is 488 g/mol. The van der Waals surface area contributed by atoms with Gasteiger partial charge in [0.25, 0.3) is 0 Å². The predicted octanol–water partition coefficient (Wildman–Crippen LogP) is 3.81. The number of hydrogen-bond donors (Lipinski definition) is 2. The first-order valence-electron chi connectivity index (χ1n) is 12.7. The van der Waals surface area contributed by atoms with Crippen LogP contribution in [0.1, 0.15) is 55.8 Å². The number of benzene rings is 1. The number of unbranched alkanes of at least 4 members (excludes halogenated alkanes) is 2. The van der Waals surface area contributed by atoms with E-state index in [0.29, 0.717) is 35.9 Å². The van der Waals surface area contributed by atoms with Crippen molar-refractivity contribution in [2.45, 2.75) is 45.3 Å². The van der Waals surface area contributed by atoms with Crippen molar-refractivity contribution in [3.63, 3.8) is 0 Å². The molecule has 1 aliphatic heterocycles. The fraction of sp³-hybridized carbons (Fsp3) is 0.464. The topological polar surface area (TPSA) is 105 Å². The molecule has 8 nitrogen and oxygen atoms in total. The molecule has 2 aromatic heterocycles. The van der Waals surface area contributed by atoms with Crippen molar-refractivity contribution in [1.29, 1.82) is 0 Å². The van der Waals surface area contributed by atoms with Crippen molar-refractivity contribution in [1.82, 2.24) is 19.6 Å². The van der Waals surface area contributed by atoms with Gasteiger partial charge in [0.1, 0.15) is 17.6 Å². The van der Waals surface area contributed by atoms with Gasteiger partial charge in [-0.3, -0.25) is 4.79 Å². The van der Waals surface area contributed by atoms with Gasteiger partial charge in [-0.05, 0) is 62.4 Å². The molecule has 3 aromatic rings. The molecular weight excluding hydrogens is 456 g/mol. The van der Waals surface area contributed by atoms with E-state index in [1.54, 1.807) is 13.1 Å². The summed E-state index contributed by atoms with van der Waals surface area (Å²) in [5.41, 5.74) is 2.71. The highest BCUT2D eigenvalue weighted by molar-refractivity contribution is 5.66. The molecule has 2 N–H and O–H groups in total. The van der Waals surface area contributed by atoms with Gasteiger partial charge in [0.2, 0.25) is 0 Å². The van der Waals surface area contributed by atoms with Crippen molar-refractivity contribution < 1.29 is 19.5 Å². The smallest absolute Gasteiger partial charge is 0.303 e. The molecular formula is C28H32N4O4. The molecule has 1 saturated carbocycles. The number of piperidine rings is 1. The third kappa shape index (κ3) is 5.69. The average Bonchev–Trinajstić information content (AvgIpc) is 3.33. The Morgan fingerprint density at radius 3 is 2.69 bits per heavy atom. The molecule has 0 spiro atoms. The van der Waals surface area contributed by atoms with Gasteiger partial charge in [0, 0.05) is 55.0 Å². The summed E-state index contributed by atoms with van der Waals surface area (Å²) in [6.45, 7) is 5.49. The van der Waals surface area contributed by atoms with E-state index < -0.39 is 12.1 Å². The first-order chi connectivity index (χ1) is 17.5. The lowest BCUT2D eigenvalue weighted by Gasteiger charge is -2.17. The van der Waals surface area contributed by atoms with Gasteiger partial charge in [0.05, 0.1) is 6.54 Å². The number of nitrogens with zero attached hydrogens (tertiary/aromatic N) is 4. The van der Waals surface area contributed by atoms with E-state index in [1.807, 2.05) is 41.1 Å². The molecule has 8 heteroatoms. The summed E-state index contributed by atoms with van der Waals surface area (Å²) in [5, 5.41) is 22.7. The van der Waals surface area contributed by atoms with Gasteiger partial charge in [-0.1, -0.05) is 23.4 Å². The number of aliphatic hydroxyl groups is 1. The summed E-state index contributed by atoms with van der Waals surface area (Å²) in [5.74, 6) is 9.30. The Hall–Kier alpha value is -3.41. The molecule has 0 unspecified atom stereocenters. The van der Waals surface area contributed by atoms with Crippen LogP contribution in [0.2, 0.25) is 0 Å². The number of aliphatic carboxylic acids is 1. The number of aliphatic hydroxyl groups excluding tert-OH is 1. The molecule has 1 aliphatic carbocycles. The van der Waals surface area contributed by atoms with Crippen molar-refractivity contribution in [2.24, 2.45) is 17.8 Å². The van der Waals surface area contributed by atoms with Crippen LogP contribution in [0.25, 0.3) is 11.3 Å². The number of carboxylic acids is 1. The molecule has 2 fully saturated rings. The molecule has 4 atom stereocenters. The lowest BCUT2D eigenvalue weighted by Crippen LogP contribution is -2.25. The fourth-order valence-electron chi connectivity index (χ4n) is 5.20. The zero-order valence-electron chi connectivity index (χ0n) is 20.5. The predicted molar refractivity (Wildman–Crippen MR) is 134 cm³/mol. The standard InChI is InChI=1S/C28H32N4O4/c1-19(33)28-29-12-14-32(28)16-22-15-26(36-30-22)21-9-6-20(7-10-21)8-11-23-24-17-31(18-25(23)24)13-4-2-3-5-27(34)35/h6-7,9-10,12,14-15,19,23-25,33H,2-5,13,16-18H2,1H3,(H,34,35)/t19-,23-,24-,25+/m0/s1. The van der Waals surface area contributed by atoms with Crippen LogP contribution in [0.15, 0.2) is 47.2 Å². The van der Waals surface area contributed by atoms with Crippen molar-refractivity contribution in [3.05, 3.63) is 59.8 Å². The first kappa shape index (κ1) is 24.3. The molecule has 1 aromatic carbocycles. The quantitative estimate of drug-likeness (QED) is 0.330. The second-order valence-electron chi connectivity index (χ2n) is 9.94. The Bertz CT molecular complexity index is 1240. The molecule has 2 aliphatic rings. The number of carboxylic acid groups (broad SMARTS) is 1. The van der Waals surface area contributed by atoms with E-state index in [4.69, 9.17) is 9.63 Å². The highest BCUT2D eigenvalue weighted by Gasteiger charge is 2.54. The maximum absolute atomic E-state index is 10.6. The Morgan fingerprint density at radius 1 is 1.19 bits per heavy atom. The largest absolute Gasteiger partial charge is 0.481 e. The maximum Gasteiger partial charge on any atom is 0.303 e. The molecule has 3 heterocycles. The van der Waals surface area contributed by atoms with Crippen molar-refractivity contribution in [3.8, 4) is 23.2 Å². The minimum atomic E-state index is -0.699. The van der Waals surface area contributed by atoms with Crippen LogP contribution in [-0.4, -0.2) is 55.4 Å². The summed E-state index contributed by atoms with van der Waals surface area (Å²) in [6.07, 6.45) is 5.96. The zero-order chi connectivity index (χ0) is 25.1. The van der Waals surface area contributed by atoms with Gasteiger partial charge in [0.15, 0.2) is 5.76 Å². The Labute approximate surface area is 210 Å². The molecule has 36 heavy (non-hydrogen) atoms. The fourth-order valence-corrected chi connectivity index (χ4v) is 5.20. The average molecular weight is 489 g/mol. The van der Waals surface area contributed by atoms with E-state index in [2.05, 4.69) is 26.9 Å². The molecule has 0 radical (unpaired) electrons. The lowest BCUT2D eigenvalue weighted by molar-refractivity contribution is -0.137. The van der Waals surface area contributed by atoms with Crippen LogP contribution in [0, 0.1) is 29.6 Å². The molecule has 0 amide bonds. The Kier molecular flexibility index (Phi) is 7.21. The van der Waals surface area contributed by atoms with Crippen LogP contribution in [-0.2, 0) is 11.3 Å². The number of aromatic nitrogens is 3. The number of imidazole rings is 1. The lowest BCUT2D eigenvalue weighted by atomic mass is 10.1. The number of hydrogen-bond acceptors (Lipinski definition) is 6. The van der Waals surface area contributed by atoms with Gasteiger partial charge in [-0.2, -0.15) is 0 Å². The van der Waals surface area contributed by atoms with Gasteiger partial charge >= 0.3 is 5.97 Å². The van der Waals surface area contributed by atoms with Crippen molar-refractivity contribution in [2.75, 3.05) is 19.6 Å². The minimum Gasteiger partial charge on any atom is -0.481 e. The van der Waals surface area contributed by atoms with E-state index in [-0.39, 0.29) is 6.42 Å². The second-order valence-corrected chi connectivity index (χ2v) is 9.94. The molecule has 5 rings (SSSR count). The van der Waals surface area contributed by atoms with Gasteiger partial charge < -0.3 is 24.2 Å². The minimum absolute atomic E-state index is 0.279. The molecule has 188 valence electrons. The van der Waals surface area contributed by atoms with E-state index in [0.717, 1.165) is 55.7 Å². The highest BCUT2D eigenvalue weighted by atomic mass is 16.5. The Balaban J connectivity index is 1.09. The summed E-state index contributed by atoms with van der Waals surface area (Å²) in [4.78, 5) is 17.3. The van der Waals surface area contributed by atoms with Crippen LogP contribution < -0.4 is 0 Å². The summed E-state index contributed by atoms with van der Waals surface area (Å²) in [7, 11) is 0. The van der Waals surface area contributed by atoms with Crippen LogP contribution in [0.5, 0.6) is 0 Å². The summed E-state index contributed by atoms with van der Waals surface area (Å²) < 4.78 is 7.41. The van der Waals surface area contributed by atoms with E-state index in [1.165, 1.54) is 0 Å². The summed E-state index contributed by atoms with van der Waals surface area (Å²) >= 11 is 0. The highest BCUT2D eigenvalue weighted by Crippen LogP contribution is 2.51. The van der Waals surface area contributed by atoms with Crippen LogP contribution in [0.4, 0.5) is 0 Å². The SMILES string of the molecule is C[C@H](O)c1nccn1Cc1cc(-c2ccc(C#C[C@@H]3[C@H]4CN(CCCCCC(=O)O)C[C@@H]34)cc2)on1. The first-order valence-corrected chi connectivity index (χ1v) is 12.7. The number of carbonyl (C=O) groups is 1. The Morgan fingerprint density at radius 2 is 1.97 bits per heavy atom. The number of rotatable bonds is 10. The third-order valence-corrected chi connectivity index (χ3v) is 7.20. The summed E-state index contributed by atoms with van der Waals surface area (Å²) in [6, 6.07) is 9.97. The van der Waals surface area contributed by atoms with E-state index >= 15 is 0 Å². The zero-order valence-corrected chi connectivity index (χ0v) is 20.5. The molecule has 0 bridgehead atoms. The van der Waals surface area contributed by atoms with Crippen LogP contribution in [0.3, 0.4) is 0 Å². The number of fused-ring (bicyclic) bond motifs is 1.